The zero-order valence-electron chi connectivity index (χ0n) is 56.9. The van der Waals surface area contributed by atoms with Crippen molar-refractivity contribution in [1.82, 2.24) is 0 Å². The molecule has 502 valence electrons. The minimum atomic E-state index is -0.902. The Balaban J connectivity index is 0.818. The van der Waals surface area contributed by atoms with Crippen LogP contribution in [0.25, 0.3) is 17.2 Å². The third-order valence-corrected chi connectivity index (χ3v) is 19.5. The monoisotopic (exact) mass is 1340 g/mol. The van der Waals surface area contributed by atoms with Gasteiger partial charge in [-0.05, 0) is 122 Å². The zero-order valence-corrected chi connectivity index (χ0v) is 56.9. The van der Waals surface area contributed by atoms with Crippen molar-refractivity contribution in [2.75, 3.05) is 37.8 Å². The Morgan fingerprint density at radius 2 is 0.670 bits per heavy atom. The van der Waals surface area contributed by atoms with Crippen LogP contribution < -0.4 is 4.90 Å². The standard InChI is InChI=1S/C92H73N5O6/c93-64-70(65-94)87-82-53-50-69(89(100)103-57-29-28-54-90(72-30-10-1-11-31-72,73-32-12-2-13-33-73)74-34-14-3-15-35-74)61-83(82)88(71(66-95)67-96)84(87)60-68-48-51-81(52-49-68)97(55-58-101-85(98)62-91(75-36-16-4-17-37-75,76-38-18-5-19-39-76)77-40-20-6-21-41-77)56-59-102-86(99)63-92(78-42-22-7-23-43-78,79-44-24-8-25-45-79)80-46-26-9-27-47-80/h1-27,30-53,60-61H,28-29,54-59,62-63H2/b84-60+. The summed E-state index contributed by atoms with van der Waals surface area (Å²) in [5.74, 6) is -1.48. The number of hydrogen-bond acceptors (Lipinski definition) is 11. The lowest BCUT2D eigenvalue weighted by atomic mass is 9.66. The van der Waals surface area contributed by atoms with Gasteiger partial charge >= 0.3 is 17.9 Å². The molecule has 103 heavy (non-hydrogen) atoms. The van der Waals surface area contributed by atoms with Crippen molar-refractivity contribution in [3.05, 3.63) is 404 Å². The Hall–Kier alpha value is -13.2. The molecule has 12 rings (SSSR count). The second kappa shape index (κ2) is 33.1. The van der Waals surface area contributed by atoms with Crippen molar-refractivity contribution in [2.24, 2.45) is 0 Å². The second-order valence-corrected chi connectivity index (χ2v) is 25.2. The van der Waals surface area contributed by atoms with Gasteiger partial charge < -0.3 is 19.1 Å². The molecule has 0 aromatic heterocycles. The summed E-state index contributed by atoms with van der Waals surface area (Å²) in [5.41, 5.74) is 8.85. The fourth-order valence-electron chi connectivity index (χ4n) is 14.7. The van der Waals surface area contributed by atoms with Crippen molar-refractivity contribution in [1.29, 1.82) is 21.0 Å². The van der Waals surface area contributed by atoms with Gasteiger partial charge in [0.2, 0.25) is 0 Å². The molecule has 0 N–H and O–H groups in total. The SMILES string of the molecule is N#CC(C#N)=C1/C(=C\c2ccc(N(CCOC(=O)CC(c3ccccc3)(c3ccccc3)c3ccccc3)CCOC(=O)CC(c3ccccc3)(c3ccccc3)c3ccccc3)cc2)C(=C(C#N)C#N)c2cc(C(=O)OCCCCC(c3ccccc3)(c3ccccc3)c3ccccc3)ccc21. The predicted molar refractivity (Wildman–Crippen MR) is 402 cm³/mol. The molecule has 11 aromatic rings. The number of nitriles is 4. The van der Waals surface area contributed by atoms with Crippen LogP contribution in [0.3, 0.4) is 0 Å². The molecule has 0 aliphatic heterocycles. The number of rotatable bonds is 27. The average Bonchev–Trinajstić information content (AvgIpc) is 1.72. The Bertz CT molecular complexity index is 4560. The van der Waals surface area contributed by atoms with Crippen molar-refractivity contribution in [3.8, 4) is 24.3 Å². The average molecular weight is 1340 g/mol. The first-order valence-corrected chi connectivity index (χ1v) is 34.4. The number of benzene rings is 11. The summed E-state index contributed by atoms with van der Waals surface area (Å²) in [6, 6.07) is 111. The maximum atomic E-state index is 14.6. The molecule has 1 aliphatic carbocycles. The minimum absolute atomic E-state index is 0.0129. The largest absolute Gasteiger partial charge is 0.464 e. The summed E-state index contributed by atoms with van der Waals surface area (Å²) in [4.78, 5) is 45.4. The lowest BCUT2D eigenvalue weighted by molar-refractivity contribution is -0.144. The molecule has 0 amide bonds. The lowest BCUT2D eigenvalue weighted by Crippen LogP contribution is -2.36. The van der Waals surface area contributed by atoms with Crippen LogP contribution in [0.1, 0.15) is 109 Å². The van der Waals surface area contributed by atoms with Crippen LogP contribution >= 0.6 is 0 Å². The first kappa shape index (κ1) is 69.7. The highest BCUT2D eigenvalue weighted by molar-refractivity contribution is 6.15. The quantitative estimate of drug-likeness (QED) is 0.0157. The molecule has 0 bridgehead atoms. The number of ether oxygens (including phenoxy) is 3. The lowest BCUT2D eigenvalue weighted by Gasteiger charge is -2.36. The van der Waals surface area contributed by atoms with Crippen LogP contribution in [0.4, 0.5) is 5.69 Å². The predicted octanol–water partition coefficient (Wildman–Crippen LogP) is 18.5. The smallest absolute Gasteiger partial charge is 0.338 e. The van der Waals surface area contributed by atoms with Crippen molar-refractivity contribution >= 4 is 40.8 Å². The Morgan fingerprint density at radius 3 is 1.00 bits per heavy atom. The number of esters is 3. The molecule has 11 heteroatoms. The molecule has 0 fully saturated rings. The molecule has 0 saturated carbocycles. The van der Waals surface area contributed by atoms with Crippen molar-refractivity contribution < 1.29 is 28.6 Å². The molecule has 0 unspecified atom stereocenters. The topological polar surface area (TPSA) is 177 Å². The van der Waals surface area contributed by atoms with Crippen LogP contribution in [-0.2, 0) is 40.0 Å². The summed E-state index contributed by atoms with van der Waals surface area (Å²) in [6.07, 6.45) is 3.67. The number of allylic oxidation sites excluding steroid dienone is 5. The van der Waals surface area contributed by atoms with Gasteiger partial charge in [0.15, 0.2) is 0 Å². The maximum absolute atomic E-state index is 14.6. The summed E-state index contributed by atoms with van der Waals surface area (Å²) < 4.78 is 18.5. The van der Waals surface area contributed by atoms with E-state index in [-0.39, 0.29) is 79.2 Å². The molecule has 11 aromatic carbocycles. The Morgan fingerprint density at radius 1 is 0.350 bits per heavy atom. The normalized spacial score (nSPS) is 12.1. The van der Waals surface area contributed by atoms with Crippen molar-refractivity contribution in [2.45, 2.75) is 48.3 Å². The van der Waals surface area contributed by atoms with Gasteiger partial charge in [0.25, 0.3) is 0 Å². The Labute approximate surface area is 602 Å². The van der Waals surface area contributed by atoms with E-state index in [0.29, 0.717) is 35.2 Å². The molecular weight excluding hydrogens is 1270 g/mol. The number of fused-ring (bicyclic) bond motifs is 1. The number of anilines is 1. The van der Waals surface area contributed by atoms with Crippen molar-refractivity contribution in [3.63, 3.8) is 0 Å². The molecular formula is C92H73N5O6. The number of carbonyl (C=O) groups is 3. The number of unbranched alkanes of at least 4 members (excludes halogenated alkanes) is 1. The summed E-state index contributed by atoms with van der Waals surface area (Å²) in [5, 5.41) is 42.3. The van der Waals surface area contributed by atoms with E-state index >= 15 is 0 Å². The van der Waals surface area contributed by atoms with E-state index in [1.54, 1.807) is 24.3 Å². The highest BCUT2D eigenvalue weighted by Gasteiger charge is 2.42. The fourth-order valence-corrected chi connectivity index (χ4v) is 14.7. The maximum Gasteiger partial charge on any atom is 0.338 e. The molecule has 0 saturated heterocycles. The van der Waals surface area contributed by atoms with Gasteiger partial charge in [-0.1, -0.05) is 291 Å². The van der Waals surface area contributed by atoms with E-state index in [0.717, 1.165) is 56.5 Å². The van der Waals surface area contributed by atoms with Crippen LogP contribution in [-0.4, -0.2) is 50.8 Å². The highest BCUT2D eigenvalue weighted by atomic mass is 16.5. The summed E-state index contributed by atoms with van der Waals surface area (Å²) >= 11 is 0. The summed E-state index contributed by atoms with van der Waals surface area (Å²) in [6.45, 7) is 0.382. The third kappa shape index (κ3) is 15.1. The van der Waals surface area contributed by atoms with Gasteiger partial charge in [-0.15, -0.1) is 0 Å². The summed E-state index contributed by atoms with van der Waals surface area (Å²) in [7, 11) is 0. The van der Waals surface area contributed by atoms with E-state index in [1.165, 1.54) is 0 Å². The molecule has 0 heterocycles. The first-order valence-electron chi connectivity index (χ1n) is 34.4. The van der Waals surface area contributed by atoms with Crippen LogP contribution in [0, 0.1) is 45.3 Å². The first-order chi connectivity index (χ1) is 50.6. The number of hydrogen-bond donors (Lipinski definition) is 0. The van der Waals surface area contributed by atoms with E-state index in [9.17, 15) is 35.4 Å². The molecule has 0 atom stereocenters. The van der Waals surface area contributed by atoms with Gasteiger partial charge in [0.1, 0.15) is 48.6 Å². The van der Waals surface area contributed by atoms with Crippen LogP contribution in [0.2, 0.25) is 0 Å². The number of carbonyl (C=O) groups excluding carboxylic acids is 3. The molecule has 0 radical (unpaired) electrons. The van der Waals surface area contributed by atoms with Crippen LogP contribution in [0.15, 0.2) is 332 Å². The van der Waals surface area contributed by atoms with Gasteiger partial charge in [-0.2, -0.15) is 21.0 Å². The van der Waals surface area contributed by atoms with Gasteiger partial charge in [0.05, 0.1) is 48.9 Å². The third-order valence-electron chi connectivity index (χ3n) is 19.5. The molecule has 0 spiro atoms. The van der Waals surface area contributed by atoms with Crippen LogP contribution in [0.5, 0.6) is 0 Å². The Kier molecular flexibility index (Phi) is 22.4. The number of nitrogens with zero attached hydrogens (tertiary/aromatic N) is 5. The van der Waals surface area contributed by atoms with Gasteiger partial charge in [-0.3, -0.25) is 9.59 Å². The van der Waals surface area contributed by atoms with Gasteiger partial charge in [0, 0.05) is 22.2 Å². The van der Waals surface area contributed by atoms with Gasteiger partial charge in [-0.25, -0.2) is 4.79 Å². The minimum Gasteiger partial charge on any atom is -0.464 e. The van der Waals surface area contributed by atoms with E-state index in [1.807, 2.05) is 254 Å². The van der Waals surface area contributed by atoms with E-state index < -0.39 is 34.2 Å². The van der Waals surface area contributed by atoms with E-state index in [2.05, 4.69) is 72.8 Å². The fraction of sp³-hybridized carbons (Fsp3) is 0.141. The molecule has 11 nitrogen and oxygen atoms in total. The zero-order chi connectivity index (χ0) is 71.3. The molecule has 1 aliphatic rings. The van der Waals surface area contributed by atoms with E-state index in [4.69, 9.17) is 14.2 Å². The second-order valence-electron chi connectivity index (χ2n) is 25.2. The highest BCUT2D eigenvalue weighted by Crippen LogP contribution is 2.50.